The Morgan fingerprint density at radius 1 is 1.14 bits per heavy atom. The lowest BCUT2D eigenvalue weighted by molar-refractivity contribution is 0.618. The van der Waals surface area contributed by atoms with Crippen molar-refractivity contribution in [3.63, 3.8) is 0 Å². The fourth-order valence-electron chi connectivity index (χ4n) is 1.57. The molecule has 1 aromatic rings. The highest BCUT2D eigenvalue weighted by Crippen LogP contribution is 2.17. The fraction of sp³-hybridized carbons (Fsp3) is 0.667. The van der Waals surface area contributed by atoms with Crippen molar-refractivity contribution in [2.24, 2.45) is 0 Å². The first-order valence-electron chi connectivity index (χ1n) is 5.53. The number of unbranched alkanes of at least 4 members (excludes halogenated alkanes) is 3. The van der Waals surface area contributed by atoms with Crippen LogP contribution in [-0.4, -0.2) is 13.6 Å². The topological polar surface area (TPSA) is 12.0 Å². The zero-order chi connectivity index (χ0) is 10.2. The van der Waals surface area contributed by atoms with E-state index in [0.29, 0.717) is 0 Å². The van der Waals surface area contributed by atoms with Crippen LogP contribution in [0.3, 0.4) is 0 Å². The first kappa shape index (κ1) is 11.7. The van der Waals surface area contributed by atoms with E-state index in [2.05, 4.69) is 24.4 Å². The SMILES string of the molecule is CNCCCCCCc1ccc(C)s1. The largest absolute Gasteiger partial charge is 0.320 e. The molecule has 1 N–H and O–H groups in total. The molecular weight excluding hydrogens is 190 g/mol. The minimum Gasteiger partial charge on any atom is -0.320 e. The molecule has 0 saturated carbocycles. The maximum atomic E-state index is 3.18. The Labute approximate surface area is 91.5 Å². The van der Waals surface area contributed by atoms with Gasteiger partial charge in [0.05, 0.1) is 0 Å². The van der Waals surface area contributed by atoms with Crippen molar-refractivity contribution in [3.8, 4) is 0 Å². The van der Waals surface area contributed by atoms with Crippen LogP contribution in [0.1, 0.15) is 35.4 Å². The van der Waals surface area contributed by atoms with Crippen LogP contribution in [0.4, 0.5) is 0 Å². The van der Waals surface area contributed by atoms with E-state index in [-0.39, 0.29) is 0 Å². The molecule has 0 aromatic carbocycles. The molecule has 0 spiro atoms. The van der Waals surface area contributed by atoms with Gasteiger partial charge in [0.25, 0.3) is 0 Å². The van der Waals surface area contributed by atoms with Crippen molar-refractivity contribution in [3.05, 3.63) is 21.9 Å². The molecule has 14 heavy (non-hydrogen) atoms. The van der Waals surface area contributed by atoms with Crippen LogP contribution in [-0.2, 0) is 6.42 Å². The van der Waals surface area contributed by atoms with Gasteiger partial charge in [0.1, 0.15) is 0 Å². The molecule has 1 rings (SSSR count). The summed E-state index contributed by atoms with van der Waals surface area (Å²) in [7, 11) is 2.02. The highest BCUT2D eigenvalue weighted by Gasteiger charge is 1.96. The van der Waals surface area contributed by atoms with E-state index in [4.69, 9.17) is 0 Å². The predicted molar refractivity (Wildman–Crippen MR) is 65.2 cm³/mol. The Hall–Kier alpha value is -0.340. The summed E-state index contributed by atoms with van der Waals surface area (Å²) in [5.74, 6) is 0. The molecular formula is C12H21NS. The molecule has 0 aliphatic heterocycles. The van der Waals surface area contributed by atoms with Crippen molar-refractivity contribution in [1.29, 1.82) is 0 Å². The van der Waals surface area contributed by atoms with Gasteiger partial charge in [0, 0.05) is 9.75 Å². The lowest BCUT2D eigenvalue weighted by Gasteiger charge is -1.99. The smallest absolute Gasteiger partial charge is 0.00480 e. The zero-order valence-electron chi connectivity index (χ0n) is 9.31. The maximum Gasteiger partial charge on any atom is 0.00480 e. The number of thiophene rings is 1. The van der Waals surface area contributed by atoms with E-state index in [0.717, 1.165) is 6.54 Å². The maximum absolute atomic E-state index is 3.18. The number of nitrogens with one attached hydrogen (secondary N) is 1. The van der Waals surface area contributed by atoms with Crippen molar-refractivity contribution >= 4 is 11.3 Å². The summed E-state index contributed by atoms with van der Waals surface area (Å²) in [5.41, 5.74) is 0. The summed E-state index contributed by atoms with van der Waals surface area (Å²) >= 11 is 1.94. The Kier molecular flexibility index (Phi) is 5.88. The monoisotopic (exact) mass is 211 g/mol. The van der Waals surface area contributed by atoms with Gasteiger partial charge in [0.2, 0.25) is 0 Å². The van der Waals surface area contributed by atoms with Gasteiger partial charge >= 0.3 is 0 Å². The van der Waals surface area contributed by atoms with E-state index >= 15 is 0 Å². The lowest BCUT2D eigenvalue weighted by Crippen LogP contribution is -2.06. The van der Waals surface area contributed by atoms with Gasteiger partial charge < -0.3 is 5.32 Å². The third-order valence-corrected chi connectivity index (χ3v) is 3.46. The highest BCUT2D eigenvalue weighted by molar-refractivity contribution is 7.11. The predicted octanol–water partition coefficient (Wildman–Crippen LogP) is 3.38. The van der Waals surface area contributed by atoms with Gasteiger partial charge in [-0.2, -0.15) is 0 Å². The molecule has 0 atom stereocenters. The fourth-order valence-corrected chi connectivity index (χ4v) is 2.51. The van der Waals surface area contributed by atoms with Crippen molar-refractivity contribution in [1.82, 2.24) is 5.32 Å². The third kappa shape index (κ3) is 4.77. The molecule has 0 fully saturated rings. The minimum atomic E-state index is 1.16. The van der Waals surface area contributed by atoms with Crippen LogP contribution in [0, 0.1) is 6.92 Å². The summed E-state index contributed by atoms with van der Waals surface area (Å²) in [5, 5.41) is 3.18. The summed E-state index contributed by atoms with van der Waals surface area (Å²) in [6.07, 6.45) is 6.69. The van der Waals surface area contributed by atoms with E-state index in [1.807, 2.05) is 18.4 Å². The van der Waals surface area contributed by atoms with Crippen molar-refractivity contribution in [2.45, 2.75) is 39.0 Å². The molecule has 0 amide bonds. The van der Waals surface area contributed by atoms with Gasteiger partial charge in [0.15, 0.2) is 0 Å². The molecule has 0 unspecified atom stereocenters. The second-order valence-corrected chi connectivity index (χ2v) is 5.15. The second-order valence-electron chi connectivity index (χ2n) is 3.78. The quantitative estimate of drug-likeness (QED) is 0.682. The Balaban J connectivity index is 1.99. The van der Waals surface area contributed by atoms with Gasteiger partial charge in [-0.3, -0.25) is 0 Å². The normalized spacial score (nSPS) is 10.7. The summed E-state index contributed by atoms with van der Waals surface area (Å²) < 4.78 is 0. The number of aryl methyl sites for hydroxylation is 2. The lowest BCUT2D eigenvalue weighted by atomic mass is 10.1. The first-order chi connectivity index (χ1) is 6.83. The van der Waals surface area contributed by atoms with E-state index in [9.17, 15) is 0 Å². The first-order valence-corrected chi connectivity index (χ1v) is 6.34. The number of hydrogen-bond acceptors (Lipinski definition) is 2. The summed E-state index contributed by atoms with van der Waals surface area (Å²) in [6.45, 7) is 3.35. The summed E-state index contributed by atoms with van der Waals surface area (Å²) in [6, 6.07) is 4.49. The molecule has 80 valence electrons. The molecule has 1 aromatic heterocycles. The van der Waals surface area contributed by atoms with Crippen LogP contribution in [0.2, 0.25) is 0 Å². The van der Waals surface area contributed by atoms with Crippen LogP contribution < -0.4 is 5.32 Å². The van der Waals surface area contributed by atoms with Crippen LogP contribution in [0.25, 0.3) is 0 Å². The summed E-state index contributed by atoms with van der Waals surface area (Å²) in [4.78, 5) is 2.99. The van der Waals surface area contributed by atoms with Crippen molar-refractivity contribution in [2.75, 3.05) is 13.6 Å². The Morgan fingerprint density at radius 3 is 2.57 bits per heavy atom. The van der Waals surface area contributed by atoms with Gasteiger partial charge in [-0.05, 0) is 51.9 Å². The molecule has 0 saturated heterocycles. The molecule has 0 bridgehead atoms. The molecule has 1 nitrogen and oxygen atoms in total. The number of rotatable bonds is 7. The number of hydrogen-bond donors (Lipinski definition) is 1. The van der Waals surface area contributed by atoms with E-state index in [1.165, 1.54) is 37.0 Å². The second kappa shape index (κ2) is 7.02. The Bertz CT molecular complexity index is 242. The zero-order valence-corrected chi connectivity index (χ0v) is 10.1. The Morgan fingerprint density at radius 2 is 1.93 bits per heavy atom. The molecule has 0 aliphatic carbocycles. The van der Waals surface area contributed by atoms with Crippen LogP contribution >= 0.6 is 11.3 Å². The standard InChI is InChI=1S/C12H21NS/c1-11-8-9-12(14-11)7-5-3-4-6-10-13-2/h8-9,13H,3-7,10H2,1-2H3. The molecule has 1 heterocycles. The third-order valence-electron chi connectivity index (χ3n) is 2.40. The average molecular weight is 211 g/mol. The van der Waals surface area contributed by atoms with Gasteiger partial charge in [-0.25, -0.2) is 0 Å². The van der Waals surface area contributed by atoms with Crippen molar-refractivity contribution < 1.29 is 0 Å². The average Bonchev–Trinajstić information content (AvgIpc) is 2.58. The van der Waals surface area contributed by atoms with E-state index in [1.54, 1.807) is 4.88 Å². The van der Waals surface area contributed by atoms with E-state index < -0.39 is 0 Å². The molecule has 2 heteroatoms. The highest BCUT2D eigenvalue weighted by atomic mass is 32.1. The van der Waals surface area contributed by atoms with Gasteiger partial charge in [-0.15, -0.1) is 11.3 Å². The van der Waals surface area contributed by atoms with Crippen LogP contribution in [0.5, 0.6) is 0 Å². The minimum absolute atomic E-state index is 1.16. The molecule has 0 aliphatic rings. The van der Waals surface area contributed by atoms with Crippen LogP contribution in [0.15, 0.2) is 12.1 Å². The van der Waals surface area contributed by atoms with Gasteiger partial charge in [-0.1, -0.05) is 12.8 Å². The molecule has 0 radical (unpaired) electrons.